The van der Waals surface area contributed by atoms with Gasteiger partial charge in [0.25, 0.3) is 0 Å². The van der Waals surface area contributed by atoms with E-state index in [1.807, 2.05) is 30.3 Å². The molecule has 0 saturated carbocycles. The van der Waals surface area contributed by atoms with E-state index in [1.165, 1.54) is 5.56 Å². The Morgan fingerprint density at radius 2 is 2.00 bits per heavy atom. The van der Waals surface area contributed by atoms with Crippen LogP contribution in [0.3, 0.4) is 0 Å². The van der Waals surface area contributed by atoms with E-state index < -0.39 is 0 Å². The highest BCUT2D eigenvalue weighted by Gasteiger charge is 2.21. The van der Waals surface area contributed by atoms with E-state index in [1.54, 1.807) is 7.11 Å². The van der Waals surface area contributed by atoms with Crippen molar-refractivity contribution in [3.05, 3.63) is 47.7 Å². The first kappa shape index (κ1) is 11.1. The van der Waals surface area contributed by atoms with Crippen LogP contribution in [0.2, 0.25) is 0 Å². The van der Waals surface area contributed by atoms with Gasteiger partial charge in [-0.2, -0.15) is 0 Å². The number of pyridine rings is 1. The van der Waals surface area contributed by atoms with Crippen molar-refractivity contribution in [1.82, 2.24) is 4.98 Å². The van der Waals surface area contributed by atoms with Crippen molar-refractivity contribution in [2.45, 2.75) is 19.3 Å². The lowest BCUT2D eigenvalue weighted by atomic mass is 9.96. The minimum absolute atomic E-state index is 0.391. The molecule has 0 radical (unpaired) electrons. The molecule has 1 atom stereocenters. The number of hydrogen-bond acceptors (Lipinski definition) is 3. The van der Waals surface area contributed by atoms with E-state index in [4.69, 9.17) is 9.47 Å². The molecule has 2 aromatic rings. The van der Waals surface area contributed by atoms with E-state index >= 15 is 0 Å². The summed E-state index contributed by atoms with van der Waals surface area (Å²) in [4.78, 5) is 4.48. The lowest BCUT2D eigenvalue weighted by Gasteiger charge is -2.10. The van der Waals surface area contributed by atoms with E-state index in [0.29, 0.717) is 11.8 Å². The predicted molar refractivity (Wildman–Crippen MR) is 69.4 cm³/mol. The van der Waals surface area contributed by atoms with Gasteiger partial charge in [0.05, 0.1) is 12.8 Å². The standard InChI is InChI=1S/C15H15NO2/c1-10-9-12-14(7-8-15(16-12)17-2)18-13-6-4-3-5-11(10)13/h3-8,10H,9H2,1-2H3. The van der Waals surface area contributed by atoms with Crippen LogP contribution in [0.15, 0.2) is 36.4 Å². The highest BCUT2D eigenvalue weighted by Crippen LogP contribution is 2.38. The van der Waals surface area contributed by atoms with Crippen molar-refractivity contribution in [2.24, 2.45) is 0 Å². The number of aromatic nitrogens is 1. The Balaban J connectivity index is 2.09. The van der Waals surface area contributed by atoms with Crippen molar-refractivity contribution in [3.63, 3.8) is 0 Å². The van der Waals surface area contributed by atoms with Crippen LogP contribution >= 0.6 is 0 Å². The summed E-state index contributed by atoms with van der Waals surface area (Å²) in [5.74, 6) is 2.78. The molecule has 1 aliphatic heterocycles. The van der Waals surface area contributed by atoms with Crippen LogP contribution in [0, 0.1) is 0 Å². The van der Waals surface area contributed by atoms with E-state index in [9.17, 15) is 0 Å². The summed E-state index contributed by atoms with van der Waals surface area (Å²) in [5.41, 5.74) is 2.19. The maximum atomic E-state index is 5.95. The molecule has 2 heterocycles. The van der Waals surface area contributed by atoms with Gasteiger partial charge in [0.1, 0.15) is 11.5 Å². The molecule has 0 aliphatic carbocycles. The van der Waals surface area contributed by atoms with Crippen LogP contribution in [0.4, 0.5) is 0 Å². The number of benzene rings is 1. The number of fused-ring (bicyclic) bond motifs is 2. The molecule has 92 valence electrons. The predicted octanol–water partition coefficient (Wildman–Crippen LogP) is 3.54. The van der Waals surface area contributed by atoms with Gasteiger partial charge in [-0.05, 0) is 23.6 Å². The molecular weight excluding hydrogens is 226 g/mol. The molecule has 3 nitrogen and oxygen atoms in total. The highest BCUT2D eigenvalue weighted by atomic mass is 16.5. The molecule has 0 fully saturated rings. The van der Waals surface area contributed by atoms with Crippen molar-refractivity contribution in [3.8, 4) is 17.4 Å². The van der Waals surface area contributed by atoms with Crippen LogP contribution in [0.5, 0.6) is 17.4 Å². The summed E-state index contributed by atoms with van der Waals surface area (Å²) in [6.45, 7) is 2.19. The fraction of sp³-hybridized carbons (Fsp3) is 0.267. The van der Waals surface area contributed by atoms with Crippen LogP contribution in [0.25, 0.3) is 0 Å². The molecular formula is C15H15NO2. The van der Waals surface area contributed by atoms with Gasteiger partial charge in [-0.1, -0.05) is 25.1 Å². The Hall–Kier alpha value is -2.03. The van der Waals surface area contributed by atoms with E-state index in [-0.39, 0.29) is 0 Å². The zero-order valence-corrected chi connectivity index (χ0v) is 10.5. The Morgan fingerprint density at radius 3 is 2.83 bits per heavy atom. The Labute approximate surface area is 106 Å². The number of methoxy groups -OCH3 is 1. The van der Waals surface area contributed by atoms with Crippen molar-refractivity contribution < 1.29 is 9.47 Å². The largest absolute Gasteiger partial charge is 0.481 e. The van der Waals surface area contributed by atoms with Gasteiger partial charge in [0.2, 0.25) is 5.88 Å². The number of nitrogens with zero attached hydrogens (tertiary/aromatic N) is 1. The number of para-hydroxylation sites is 1. The summed E-state index contributed by atoms with van der Waals surface area (Å²) in [6.07, 6.45) is 0.865. The van der Waals surface area contributed by atoms with Crippen molar-refractivity contribution in [2.75, 3.05) is 7.11 Å². The maximum absolute atomic E-state index is 5.95. The summed E-state index contributed by atoms with van der Waals surface area (Å²) in [5, 5.41) is 0. The number of ether oxygens (including phenoxy) is 2. The Morgan fingerprint density at radius 1 is 1.17 bits per heavy atom. The lowest BCUT2D eigenvalue weighted by molar-refractivity contribution is 0.392. The second-order valence-electron chi connectivity index (χ2n) is 4.54. The average Bonchev–Trinajstić information content (AvgIpc) is 2.54. The fourth-order valence-corrected chi connectivity index (χ4v) is 2.32. The highest BCUT2D eigenvalue weighted by molar-refractivity contribution is 5.45. The van der Waals surface area contributed by atoms with Gasteiger partial charge in [-0.25, -0.2) is 4.98 Å². The second-order valence-corrected chi connectivity index (χ2v) is 4.54. The first-order valence-corrected chi connectivity index (χ1v) is 6.08. The smallest absolute Gasteiger partial charge is 0.213 e. The third-order valence-electron chi connectivity index (χ3n) is 3.29. The molecule has 1 aromatic heterocycles. The van der Waals surface area contributed by atoms with Gasteiger partial charge in [0, 0.05) is 12.5 Å². The van der Waals surface area contributed by atoms with Gasteiger partial charge < -0.3 is 9.47 Å². The summed E-state index contributed by atoms with van der Waals surface area (Å²) in [7, 11) is 1.63. The zero-order chi connectivity index (χ0) is 12.5. The van der Waals surface area contributed by atoms with Crippen LogP contribution in [-0.4, -0.2) is 12.1 Å². The average molecular weight is 241 g/mol. The third kappa shape index (κ3) is 1.82. The quantitative estimate of drug-likeness (QED) is 0.765. The fourth-order valence-electron chi connectivity index (χ4n) is 2.32. The zero-order valence-electron chi connectivity index (χ0n) is 10.5. The van der Waals surface area contributed by atoms with Gasteiger partial charge in [0.15, 0.2) is 0 Å². The minimum Gasteiger partial charge on any atom is -0.481 e. The molecule has 18 heavy (non-hydrogen) atoms. The van der Waals surface area contributed by atoms with Gasteiger partial charge in [-0.3, -0.25) is 0 Å². The Bertz CT molecular complexity index is 580. The molecule has 1 unspecified atom stereocenters. The molecule has 1 aromatic carbocycles. The molecule has 0 bridgehead atoms. The topological polar surface area (TPSA) is 31.4 Å². The summed E-state index contributed by atoms with van der Waals surface area (Å²) in [6, 6.07) is 11.9. The first-order valence-electron chi connectivity index (χ1n) is 6.08. The van der Waals surface area contributed by atoms with Crippen LogP contribution in [0.1, 0.15) is 24.1 Å². The molecule has 0 N–H and O–H groups in total. The monoisotopic (exact) mass is 241 g/mol. The third-order valence-corrected chi connectivity index (χ3v) is 3.29. The van der Waals surface area contributed by atoms with Crippen LogP contribution < -0.4 is 9.47 Å². The molecule has 1 aliphatic rings. The summed E-state index contributed by atoms with van der Waals surface area (Å²) < 4.78 is 11.1. The van der Waals surface area contributed by atoms with Crippen molar-refractivity contribution in [1.29, 1.82) is 0 Å². The van der Waals surface area contributed by atoms with Crippen LogP contribution in [-0.2, 0) is 6.42 Å². The van der Waals surface area contributed by atoms with Gasteiger partial charge in [-0.15, -0.1) is 0 Å². The van der Waals surface area contributed by atoms with Crippen molar-refractivity contribution >= 4 is 0 Å². The normalized spacial score (nSPS) is 17.1. The molecule has 3 heteroatoms. The second kappa shape index (κ2) is 4.33. The SMILES string of the molecule is COc1ccc2c(n1)CC(C)c1ccccc1O2. The maximum Gasteiger partial charge on any atom is 0.213 e. The molecule has 0 amide bonds. The summed E-state index contributed by atoms with van der Waals surface area (Å²) >= 11 is 0. The number of hydrogen-bond donors (Lipinski definition) is 0. The Kier molecular flexibility index (Phi) is 2.67. The molecule has 0 spiro atoms. The first-order chi connectivity index (χ1) is 8.78. The lowest BCUT2D eigenvalue weighted by Crippen LogP contribution is -1.99. The molecule has 0 saturated heterocycles. The molecule has 3 rings (SSSR count). The van der Waals surface area contributed by atoms with Gasteiger partial charge >= 0.3 is 0 Å². The number of rotatable bonds is 1. The van der Waals surface area contributed by atoms with E-state index in [0.717, 1.165) is 23.6 Å². The minimum atomic E-state index is 0.391. The van der Waals surface area contributed by atoms with E-state index in [2.05, 4.69) is 18.0 Å².